The van der Waals surface area contributed by atoms with Gasteiger partial charge in [-0.1, -0.05) is 18.2 Å². The SMILES string of the molecule is O=C(NCCc1ccncc1)C(NCCc1ccncc1)c1ccccc1C(F)(F)F. The first-order valence-electron chi connectivity index (χ1n) is 9.90. The van der Waals surface area contributed by atoms with Crippen LogP contribution < -0.4 is 10.6 Å². The van der Waals surface area contributed by atoms with E-state index < -0.39 is 23.7 Å². The quantitative estimate of drug-likeness (QED) is 0.545. The van der Waals surface area contributed by atoms with Crippen LogP contribution in [0, 0.1) is 0 Å². The van der Waals surface area contributed by atoms with Crippen molar-refractivity contribution < 1.29 is 18.0 Å². The Hall–Kier alpha value is -3.26. The maximum absolute atomic E-state index is 13.6. The van der Waals surface area contributed by atoms with Crippen molar-refractivity contribution in [3.63, 3.8) is 0 Å². The summed E-state index contributed by atoms with van der Waals surface area (Å²) in [5.74, 6) is -0.500. The normalized spacial score (nSPS) is 12.4. The highest BCUT2D eigenvalue weighted by Gasteiger charge is 2.36. The third kappa shape index (κ3) is 6.62. The van der Waals surface area contributed by atoms with E-state index >= 15 is 0 Å². The fraction of sp³-hybridized carbons (Fsp3) is 0.261. The summed E-state index contributed by atoms with van der Waals surface area (Å²) in [5, 5.41) is 5.76. The number of carbonyl (C=O) groups excluding carboxylic acids is 1. The average Bonchev–Trinajstić information content (AvgIpc) is 2.77. The Balaban J connectivity index is 1.73. The zero-order valence-electron chi connectivity index (χ0n) is 16.8. The third-order valence-electron chi connectivity index (χ3n) is 4.81. The molecule has 0 bridgehead atoms. The second-order valence-corrected chi connectivity index (χ2v) is 6.97. The van der Waals surface area contributed by atoms with Crippen LogP contribution in [0.15, 0.2) is 73.3 Å². The van der Waals surface area contributed by atoms with Crippen molar-refractivity contribution in [2.45, 2.75) is 25.1 Å². The first kappa shape index (κ1) is 22.4. The number of nitrogens with one attached hydrogen (secondary N) is 2. The van der Waals surface area contributed by atoms with Crippen molar-refractivity contribution in [2.75, 3.05) is 13.1 Å². The largest absolute Gasteiger partial charge is 0.416 e. The van der Waals surface area contributed by atoms with Gasteiger partial charge in [-0.3, -0.25) is 14.8 Å². The molecule has 3 rings (SSSR count). The van der Waals surface area contributed by atoms with Crippen molar-refractivity contribution >= 4 is 5.91 Å². The molecule has 0 fully saturated rings. The maximum Gasteiger partial charge on any atom is 0.416 e. The molecular formula is C23H23F3N4O. The lowest BCUT2D eigenvalue weighted by Crippen LogP contribution is -2.40. The van der Waals surface area contributed by atoms with Crippen LogP contribution in [0.3, 0.4) is 0 Å². The summed E-state index contributed by atoms with van der Waals surface area (Å²) in [5.41, 5.74) is 1.04. The summed E-state index contributed by atoms with van der Waals surface area (Å²) in [6.07, 6.45) is 3.16. The molecule has 1 amide bonds. The molecule has 0 aliphatic rings. The summed E-state index contributed by atoms with van der Waals surface area (Å²) >= 11 is 0. The van der Waals surface area contributed by atoms with Crippen LogP contribution in [-0.4, -0.2) is 29.0 Å². The van der Waals surface area contributed by atoms with Crippen LogP contribution >= 0.6 is 0 Å². The Kier molecular flexibility index (Phi) is 7.72. The Morgan fingerprint density at radius 3 is 1.97 bits per heavy atom. The molecule has 1 atom stereocenters. The molecule has 2 N–H and O–H groups in total. The molecule has 2 heterocycles. The molecule has 1 aromatic carbocycles. The van der Waals surface area contributed by atoms with Gasteiger partial charge >= 0.3 is 6.18 Å². The number of benzene rings is 1. The molecule has 1 unspecified atom stereocenters. The predicted molar refractivity (Wildman–Crippen MR) is 111 cm³/mol. The lowest BCUT2D eigenvalue weighted by molar-refractivity contribution is -0.138. The molecular weight excluding hydrogens is 405 g/mol. The number of hydrogen-bond donors (Lipinski definition) is 2. The van der Waals surface area contributed by atoms with E-state index in [1.807, 2.05) is 24.3 Å². The fourth-order valence-electron chi connectivity index (χ4n) is 3.24. The van der Waals surface area contributed by atoms with Gasteiger partial charge in [0.05, 0.1) is 5.56 Å². The summed E-state index contributed by atoms with van der Waals surface area (Å²) in [4.78, 5) is 20.8. The number of hydrogen-bond acceptors (Lipinski definition) is 4. The molecule has 0 aliphatic heterocycles. The summed E-state index contributed by atoms with van der Waals surface area (Å²) < 4.78 is 40.7. The molecule has 8 heteroatoms. The number of pyridine rings is 2. The molecule has 2 aromatic heterocycles. The van der Waals surface area contributed by atoms with E-state index in [0.29, 0.717) is 25.9 Å². The highest BCUT2D eigenvalue weighted by molar-refractivity contribution is 5.83. The van der Waals surface area contributed by atoms with Gasteiger partial charge in [-0.2, -0.15) is 13.2 Å². The number of halogens is 3. The van der Waals surface area contributed by atoms with Crippen molar-refractivity contribution in [1.82, 2.24) is 20.6 Å². The van der Waals surface area contributed by atoms with E-state index in [9.17, 15) is 18.0 Å². The average molecular weight is 428 g/mol. The second-order valence-electron chi connectivity index (χ2n) is 6.97. The highest BCUT2D eigenvalue weighted by atomic mass is 19.4. The minimum atomic E-state index is -4.56. The number of alkyl halides is 3. The second kappa shape index (κ2) is 10.7. The van der Waals surface area contributed by atoms with Crippen LogP contribution in [0.4, 0.5) is 13.2 Å². The number of aromatic nitrogens is 2. The van der Waals surface area contributed by atoms with Crippen molar-refractivity contribution in [3.8, 4) is 0 Å². The highest BCUT2D eigenvalue weighted by Crippen LogP contribution is 2.34. The zero-order valence-corrected chi connectivity index (χ0v) is 16.8. The van der Waals surface area contributed by atoms with E-state index in [1.165, 1.54) is 18.2 Å². The standard InChI is InChI=1S/C23H23F3N4O/c24-23(25,26)20-4-2-1-3-19(20)21(29-15-9-17-5-11-27-12-6-17)22(31)30-16-10-18-7-13-28-14-8-18/h1-8,11-14,21,29H,9-10,15-16H2,(H,30,31). The van der Waals surface area contributed by atoms with E-state index in [0.717, 1.165) is 17.2 Å². The first-order chi connectivity index (χ1) is 14.9. The van der Waals surface area contributed by atoms with E-state index in [4.69, 9.17) is 0 Å². The van der Waals surface area contributed by atoms with Gasteiger partial charge < -0.3 is 10.6 Å². The molecule has 162 valence electrons. The minimum absolute atomic E-state index is 0.0915. The molecule has 0 spiro atoms. The number of amides is 1. The van der Waals surface area contributed by atoms with Gasteiger partial charge in [0, 0.05) is 37.9 Å². The van der Waals surface area contributed by atoms with Gasteiger partial charge in [0.2, 0.25) is 5.91 Å². The fourth-order valence-corrected chi connectivity index (χ4v) is 3.24. The third-order valence-corrected chi connectivity index (χ3v) is 4.81. The summed E-state index contributed by atoms with van der Waals surface area (Å²) in [6, 6.07) is 11.4. The molecule has 0 radical (unpaired) electrons. The maximum atomic E-state index is 13.6. The van der Waals surface area contributed by atoms with Gasteiger partial charge in [0.25, 0.3) is 0 Å². The minimum Gasteiger partial charge on any atom is -0.354 e. The van der Waals surface area contributed by atoms with Crippen LogP contribution in [0.5, 0.6) is 0 Å². The van der Waals surface area contributed by atoms with Gasteiger partial charge in [0.15, 0.2) is 0 Å². The smallest absolute Gasteiger partial charge is 0.354 e. The molecule has 0 saturated heterocycles. The van der Waals surface area contributed by atoms with Crippen LogP contribution in [0.25, 0.3) is 0 Å². The predicted octanol–water partition coefficient (Wildman–Crippen LogP) is 3.73. The first-order valence-corrected chi connectivity index (χ1v) is 9.90. The van der Waals surface area contributed by atoms with E-state index in [-0.39, 0.29) is 5.56 Å². The van der Waals surface area contributed by atoms with Crippen LogP contribution in [-0.2, 0) is 23.8 Å². The molecule has 31 heavy (non-hydrogen) atoms. The molecule has 5 nitrogen and oxygen atoms in total. The lowest BCUT2D eigenvalue weighted by atomic mass is 9.98. The summed E-state index contributed by atoms with van der Waals surface area (Å²) in [7, 11) is 0. The molecule has 0 aliphatic carbocycles. The Morgan fingerprint density at radius 1 is 0.839 bits per heavy atom. The van der Waals surface area contributed by atoms with Crippen molar-refractivity contribution in [3.05, 3.63) is 95.6 Å². The van der Waals surface area contributed by atoms with Crippen molar-refractivity contribution in [2.24, 2.45) is 0 Å². The Morgan fingerprint density at radius 2 is 1.39 bits per heavy atom. The van der Waals surface area contributed by atoms with Gasteiger partial charge in [-0.05, 0) is 59.9 Å². The number of carbonyl (C=O) groups is 1. The topological polar surface area (TPSA) is 66.9 Å². The Bertz CT molecular complexity index is 965. The molecule has 0 saturated carbocycles. The zero-order chi connectivity index (χ0) is 22.1. The van der Waals surface area contributed by atoms with Gasteiger partial charge in [0.1, 0.15) is 6.04 Å². The van der Waals surface area contributed by atoms with Crippen LogP contribution in [0.1, 0.15) is 28.3 Å². The van der Waals surface area contributed by atoms with E-state index in [2.05, 4.69) is 20.6 Å². The lowest BCUT2D eigenvalue weighted by Gasteiger charge is -2.22. The van der Waals surface area contributed by atoms with Gasteiger partial charge in [-0.15, -0.1) is 0 Å². The monoisotopic (exact) mass is 428 g/mol. The summed E-state index contributed by atoms with van der Waals surface area (Å²) in [6.45, 7) is 0.637. The van der Waals surface area contributed by atoms with Crippen LogP contribution in [0.2, 0.25) is 0 Å². The van der Waals surface area contributed by atoms with Gasteiger partial charge in [-0.25, -0.2) is 0 Å². The number of rotatable bonds is 9. The number of nitrogens with zero attached hydrogens (tertiary/aromatic N) is 2. The van der Waals surface area contributed by atoms with Crippen molar-refractivity contribution in [1.29, 1.82) is 0 Å². The Labute approximate surface area is 178 Å². The van der Waals surface area contributed by atoms with E-state index in [1.54, 1.807) is 24.8 Å². The molecule has 3 aromatic rings.